The number of anilines is 1. The van der Waals surface area contributed by atoms with E-state index < -0.39 is 0 Å². The topological polar surface area (TPSA) is 76.0 Å². The van der Waals surface area contributed by atoms with Gasteiger partial charge in [-0.25, -0.2) is 4.68 Å². The van der Waals surface area contributed by atoms with Crippen LogP contribution in [0.5, 0.6) is 0 Å². The van der Waals surface area contributed by atoms with E-state index >= 15 is 0 Å². The Morgan fingerprint density at radius 3 is 2.48 bits per heavy atom. The van der Waals surface area contributed by atoms with Crippen LogP contribution in [0.3, 0.4) is 0 Å². The van der Waals surface area contributed by atoms with Crippen molar-refractivity contribution in [2.45, 2.75) is 26.8 Å². The lowest BCUT2D eigenvalue weighted by Gasteiger charge is -2.16. The highest BCUT2D eigenvalue weighted by molar-refractivity contribution is 5.94. The van der Waals surface area contributed by atoms with Gasteiger partial charge in [0.2, 0.25) is 5.91 Å². The summed E-state index contributed by atoms with van der Waals surface area (Å²) in [5.74, 6) is -0.285. The molecule has 6 heteroatoms. The molecule has 0 spiro atoms. The number of hydrogen-bond acceptors (Lipinski definition) is 3. The maximum atomic E-state index is 12.5. The maximum Gasteiger partial charge on any atom is 0.251 e. The predicted octanol–water partition coefficient (Wildman–Crippen LogP) is 3.63. The standard InChI is InChI=1S/C21H22N4O2/c1-14-12-22-25(13-14)20-9-7-17(8-10-20)21(27)23-15(2)18-5-4-6-19(11-18)24-16(3)26/h4-13,15H,1-3H3,(H,23,27)(H,24,26). The van der Waals surface area contributed by atoms with E-state index in [-0.39, 0.29) is 17.9 Å². The molecular formula is C21H22N4O2. The summed E-state index contributed by atoms with van der Waals surface area (Å²) < 4.78 is 1.77. The molecule has 138 valence electrons. The van der Waals surface area contributed by atoms with Gasteiger partial charge in [-0.2, -0.15) is 5.10 Å². The second-order valence-electron chi connectivity index (χ2n) is 6.51. The zero-order valence-corrected chi connectivity index (χ0v) is 15.6. The van der Waals surface area contributed by atoms with Gasteiger partial charge in [-0.3, -0.25) is 9.59 Å². The highest BCUT2D eigenvalue weighted by Gasteiger charge is 2.12. The SMILES string of the molecule is CC(=O)Nc1cccc(C(C)NC(=O)c2ccc(-n3cc(C)cn3)cc2)c1. The summed E-state index contributed by atoms with van der Waals surface area (Å²) >= 11 is 0. The minimum Gasteiger partial charge on any atom is -0.346 e. The summed E-state index contributed by atoms with van der Waals surface area (Å²) in [5.41, 5.74) is 4.17. The fraction of sp³-hybridized carbons (Fsp3) is 0.190. The van der Waals surface area contributed by atoms with Gasteiger partial charge in [0, 0.05) is 24.4 Å². The van der Waals surface area contributed by atoms with Crippen molar-refractivity contribution in [2.75, 3.05) is 5.32 Å². The van der Waals surface area contributed by atoms with Gasteiger partial charge in [-0.1, -0.05) is 12.1 Å². The van der Waals surface area contributed by atoms with E-state index in [1.165, 1.54) is 6.92 Å². The van der Waals surface area contributed by atoms with Crippen molar-refractivity contribution in [1.29, 1.82) is 0 Å². The highest BCUT2D eigenvalue weighted by atomic mass is 16.2. The molecule has 0 aliphatic carbocycles. The van der Waals surface area contributed by atoms with Gasteiger partial charge in [-0.15, -0.1) is 0 Å². The molecule has 3 rings (SSSR count). The number of rotatable bonds is 5. The molecule has 0 aliphatic rings. The first-order valence-electron chi connectivity index (χ1n) is 8.72. The van der Waals surface area contributed by atoms with Gasteiger partial charge in [-0.05, 0) is 61.4 Å². The van der Waals surface area contributed by atoms with Crippen molar-refractivity contribution >= 4 is 17.5 Å². The Balaban J connectivity index is 1.68. The van der Waals surface area contributed by atoms with Crippen molar-refractivity contribution in [3.63, 3.8) is 0 Å². The van der Waals surface area contributed by atoms with Gasteiger partial charge in [0.15, 0.2) is 0 Å². The number of benzene rings is 2. The van der Waals surface area contributed by atoms with Crippen molar-refractivity contribution in [3.8, 4) is 5.69 Å². The van der Waals surface area contributed by atoms with Crippen LogP contribution in [-0.4, -0.2) is 21.6 Å². The van der Waals surface area contributed by atoms with E-state index in [9.17, 15) is 9.59 Å². The highest BCUT2D eigenvalue weighted by Crippen LogP contribution is 2.18. The van der Waals surface area contributed by atoms with E-state index in [1.54, 1.807) is 23.0 Å². The monoisotopic (exact) mass is 362 g/mol. The summed E-state index contributed by atoms with van der Waals surface area (Å²) in [6.45, 7) is 5.35. The molecule has 2 aromatic carbocycles. The molecule has 6 nitrogen and oxygen atoms in total. The van der Waals surface area contributed by atoms with Gasteiger partial charge >= 0.3 is 0 Å². The van der Waals surface area contributed by atoms with Crippen LogP contribution in [0.15, 0.2) is 60.9 Å². The number of aromatic nitrogens is 2. The van der Waals surface area contributed by atoms with Crippen LogP contribution in [0, 0.1) is 6.92 Å². The average Bonchev–Trinajstić information content (AvgIpc) is 3.08. The largest absolute Gasteiger partial charge is 0.346 e. The van der Waals surface area contributed by atoms with Crippen molar-refractivity contribution in [3.05, 3.63) is 77.6 Å². The molecule has 1 aromatic heterocycles. The fourth-order valence-corrected chi connectivity index (χ4v) is 2.77. The summed E-state index contributed by atoms with van der Waals surface area (Å²) in [4.78, 5) is 23.7. The number of carbonyl (C=O) groups is 2. The predicted molar refractivity (Wildman–Crippen MR) is 105 cm³/mol. The summed E-state index contributed by atoms with van der Waals surface area (Å²) in [6.07, 6.45) is 3.72. The summed E-state index contributed by atoms with van der Waals surface area (Å²) in [7, 11) is 0. The first-order chi connectivity index (χ1) is 12.9. The molecule has 0 saturated heterocycles. The normalized spacial score (nSPS) is 11.7. The molecule has 0 bridgehead atoms. The van der Waals surface area contributed by atoms with Gasteiger partial charge in [0.05, 0.1) is 17.9 Å². The molecule has 0 fully saturated rings. The average molecular weight is 362 g/mol. The Morgan fingerprint density at radius 1 is 1.11 bits per heavy atom. The molecule has 2 amide bonds. The number of amides is 2. The Labute approximate surface area is 158 Å². The smallest absolute Gasteiger partial charge is 0.251 e. The van der Waals surface area contributed by atoms with E-state index in [2.05, 4.69) is 15.7 Å². The second kappa shape index (κ2) is 7.86. The first kappa shape index (κ1) is 18.4. The molecule has 0 radical (unpaired) electrons. The Kier molecular flexibility index (Phi) is 5.35. The van der Waals surface area contributed by atoms with E-state index in [0.29, 0.717) is 11.3 Å². The van der Waals surface area contributed by atoms with E-state index in [0.717, 1.165) is 16.8 Å². The second-order valence-corrected chi connectivity index (χ2v) is 6.51. The van der Waals surface area contributed by atoms with Gasteiger partial charge in [0.25, 0.3) is 5.91 Å². The molecule has 0 aliphatic heterocycles. The van der Waals surface area contributed by atoms with E-state index in [4.69, 9.17) is 0 Å². The molecule has 1 unspecified atom stereocenters. The number of hydrogen-bond donors (Lipinski definition) is 2. The van der Waals surface area contributed by atoms with Crippen LogP contribution in [0.4, 0.5) is 5.69 Å². The minimum absolute atomic E-state index is 0.128. The molecule has 1 heterocycles. The van der Waals surface area contributed by atoms with Gasteiger partial charge < -0.3 is 10.6 Å². The summed E-state index contributed by atoms with van der Waals surface area (Å²) in [6, 6.07) is 14.5. The third-order valence-electron chi connectivity index (χ3n) is 4.16. The first-order valence-corrected chi connectivity index (χ1v) is 8.72. The molecule has 1 atom stereocenters. The Hall–Kier alpha value is -3.41. The van der Waals surface area contributed by atoms with Crippen LogP contribution in [0.1, 0.15) is 41.4 Å². The van der Waals surface area contributed by atoms with Gasteiger partial charge in [0.1, 0.15) is 0 Å². The van der Waals surface area contributed by atoms with Crippen molar-refractivity contribution < 1.29 is 9.59 Å². The third-order valence-corrected chi connectivity index (χ3v) is 4.16. The van der Waals surface area contributed by atoms with Crippen LogP contribution < -0.4 is 10.6 Å². The zero-order valence-electron chi connectivity index (χ0n) is 15.6. The van der Waals surface area contributed by atoms with Crippen LogP contribution in [0.25, 0.3) is 5.69 Å². The zero-order chi connectivity index (χ0) is 19.4. The van der Waals surface area contributed by atoms with Crippen LogP contribution in [-0.2, 0) is 4.79 Å². The van der Waals surface area contributed by atoms with Crippen molar-refractivity contribution in [2.24, 2.45) is 0 Å². The third kappa shape index (κ3) is 4.61. The molecule has 27 heavy (non-hydrogen) atoms. The lowest BCUT2D eigenvalue weighted by Crippen LogP contribution is -2.26. The molecule has 3 aromatic rings. The van der Waals surface area contributed by atoms with Crippen LogP contribution >= 0.6 is 0 Å². The number of carbonyl (C=O) groups excluding carboxylic acids is 2. The summed E-state index contributed by atoms with van der Waals surface area (Å²) in [5, 5.41) is 9.99. The maximum absolute atomic E-state index is 12.5. The Bertz CT molecular complexity index is 960. The Morgan fingerprint density at radius 2 is 1.85 bits per heavy atom. The lowest BCUT2D eigenvalue weighted by atomic mass is 10.1. The number of aryl methyl sites for hydroxylation is 1. The molecule has 0 saturated carbocycles. The number of nitrogens with one attached hydrogen (secondary N) is 2. The minimum atomic E-state index is -0.195. The quantitative estimate of drug-likeness (QED) is 0.728. The van der Waals surface area contributed by atoms with E-state index in [1.807, 2.05) is 56.4 Å². The number of nitrogens with zero attached hydrogens (tertiary/aromatic N) is 2. The molecule has 2 N–H and O–H groups in total. The molecular weight excluding hydrogens is 340 g/mol. The van der Waals surface area contributed by atoms with Crippen LogP contribution in [0.2, 0.25) is 0 Å². The van der Waals surface area contributed by atoms with Crippen molar-refractivity contribution in [1.82, 2.24) is 15.1 Å². The fourth-order valence-electron chi connectivity index (χ4n) is 2.77. The lowest BCUT2D eigenvalue weighted by molar-refractivity contribution is -0.114.